The molecule has 2 heterocycles. The van der Waals surface area contributed by atoms with Gasteiger partial charge in [0.05, 0.1) is 12.8 Å². The lowest BCUT2D eigenvalue weighted by molar-refractivity contribution is 0.0921. The second kappa shape index (κ2) is 7.84. The summed E-state index contributed by atoms with van der Waals surface area (Å²) in [5.41, 5.74) is 3.41. The highest BCUT2D eigenvalue weighted by molar-refractivity contribution is 5.98. The first-order valence-electron chi connectivity index (χ1n) is 10.6. The van der Waals surface area contributed by atoms with Crippen molar-refractivity contribution in [2.24, 2.45) is 5.92 Å². The van der Waals surface area contributed by atoms with Crippen molar-refractivity contribution in [3.05, 3.63) is 59.0 Å². The number of piperidine rings is 1. The van der Waals surface area contributed by atoms with Gasteiger partial charge in [0, 0.05) is 35.9 Å². The average Bonchev–Trinajstić information content (AvgIpc) is 3.17. The summed E-state index contributed by atoms with van der Waals surface area (Å²) >= 11 is 0. The molecule has 5 rings (SSSR count). The molecule has 1 saturated heterocycles. The van der Waals surface area contributed by atoms with Crippen LogP contribution in [0.3, 0.4) is 0 Å². The van der Waals surface area contributed by atoms with E-state index >= 15 is 0 Å². The molecule has 1 atom stereocenters. The Morgan fingerprint density at radius 3 is 2.80 bits per heavy atom. The number of methoxy groups -OCH3 is 1. The third-order valence-electron chi connectivity index (χ3n) is 6.55. The van der Waals surface area contributed by atoms with Gasteiger partial charge in [0.15, 0.2) is 11.4 Å². The molecule has 1 aliphatic heterocycles. The lowest BCUT2D eigenvalue weighted by Crippen LogP contribution is -2.38. The molecule has 30 heavy (non-hydrogen) atoms. The summed E-state index contributed by atoms with van der Waals surface area (Å²) in [6.07, 6.45) is 3.50. The number of carbonyl (C=O) groups excluding carboxylic acids is 1. The Morgan fingerprint density at radius 2 is 2.00 bits per heavy atom. The van der Waals surface area contributed by atoms with E-state index in [4.69, 9.17) is 9.26 Å². The molecule has 0 bridgehead atoms. The number of halogens is 1. The molecule has 0 saturated carbocycles. The zero-order chi connectivity index (χ0) is 20.7. The lowest BCUT2D eigenvalue weighted by Gasteiger charge is -2.35. The average molecular weight is 408 g/mol. The van der Waals surface area contributed by atoms with Crippen LogP contribution in [-0.4, -0.2) is 42.6 Å². The van der Waals surface area contributed by atoms with Gasteiger partial charge in [0.25, 0.3) is 0 Å². The molecule has 6 heteroatoms. The van der Waals surface area contributed by atoms with Crippen molar-refractivity contribution in [3.8, 4) is 5.75 Å². The van der Waals surface area contributed by atoms with Crippen molar-refractivity contribution in [3.63, 3.8) is 0 Å². The van der Waals surface area contributed by atoms with Crippen molar-refractivity contribution in [2.75, 3.05) is 26.7 Å². The third kappa shape index (κ3) is 3.60. The van der Waals surface area contributed by atoms with Gasteiger partial charge in [0.2, 0.25) is 0 Å². The van der Waals surface area contributed by atoms with Crippen LogP contribution in [0.2, 0.25) is 0 Å². The number of benzene rings is 2. The molecule has 0 N–H and O–H groups in total. The number of aromatic nitrogens is 1. The highest BCUT2D eigenvalue weighted by Gasteiger charge is 2.30. The molecule has 0 amide bonds. The second-order valence-electron chi connectivity index (χ2n) is 8.50. The quantitative estimate of drug-likeness (QED) is 0.632. The van der Waals surface area contributed by atoms with Crippen molar-refractivity contribution in [2.45, 2.75) is 31.6 Å². The van der Waals surface area contributed by atoms with Crippen LogP contribution in [0.4, 0.5) is 4.39 Å². The number of rotatable bonds is 4. The first-order valence-corrected chi connectivity index (χ1v) is 10.6. The van der Waals surface area contributed by atoms with E-state index in [1.54, 1.807) is 13.2 Å². The van der Waals surface area contributed by atoms with E-state index in [1.165, 1.54) is 12.1 Å². The van der Waals surface area contributed by atoms with E-state index in [0.29, 0.717) is 23.8 Å². The van der Waals surface area contributed by atoms with Gasteiger partial charge in [-0.3, -0.25) is 4.79 Å². The molecule has 3 aromatic rings. The zero-order valence-electron chi connectivity index (χ0n) is 17.1. The number of likely N-dealkylation sites (tertiary alicyclic amines) is 1. The molecular formula is C24H25FN2O3. The monoisotopic (exact) mass is 408 g/mol. The van der Waals surface area contributed by atoms with Gasteiger partial charge in [-0.15, -0.1) is 0 Å². The van der Waals surface area contributed by atoms with Crippen LogP contribution in [0.25, 0.3) is 11.0 Å². The fourth-order valence-corrected chi connectivity index (χ4v) is 5.00. The SMILES string of the molecule is COc1ccc2c(c1)C[C@H](CN1CCC(c3noc4cc(F)ccc34)CC1)CC2=O. The molecule has 1 aliphatic carbocycles. The van der Waals surface area contributed by atoms with E-state index < -0.39 is 0 Å². The largest absolute Gasteiger partial charge is 0.497 e. The summed E-state index contributed by atoms with van der Waals surface area (Å²) in [7, 11) is 1.66. The fourth-order valence-electron chi connectivity index (χ4n) is 5.00. The third-order valence-corrected chi connectivity index (χ3v) is 6.55. The van der Waals surface area contributed by atoms with Crippen LogP contribution in [0, 0.1) is 11.7 Å². The van der Waals surface area contributed by atoms with Crippen LogP contribution < -0.4 is 4.74 Å². The van der Waals surface area contributed by atoms with Gasteiger partial charge >= 0.3 is 0 Å². The highest BCUT2D eigenvalue weighted by atomic mass is 19.1. The topological polar surface area (TPSA) is 55.6 Å². The maximum absolute atomic E-state index is 13.4. The van der Waals surface area contributed by atoms with Crippen LogP contribution >= 0.6 is 0 Å². The standard InChI is InChI=1S/C24H25FN2O3/c1-29-19-3-5-20-17(12-19)10-15(11-22(20)28)14-27-8-6-16(7-9-27)24-21-4-2-18(25)13-23(21)30-26-24/h2-5,12-13,15-16H,6-11,14H2,1H3/t15-/m0/s1. The van der Waals surface area contributed by atoms with E-state index in [1.807, 2.05) is 18.2 Å². The molecule has 2 aliphatic rings. The molecule has 0 spiro atoms. The molecular weight excluding hydrogens is 383 g/mol. The van der Waals surface area contributed by atoms with E-state index in [2.05, 4.69) is 10.1 Å². The van der Waals surface area contributed by atoms with Crippen molar-refractivity contribution in [1.29, 1.82) is 0 Å². The number of Topliss-reactive ketones (excluding diaryl/α,β-unsaturated/α-hetero) is 1. The number of ketones is 1. The number of fused-ring (bicyclic) bond motifs is 2. The Labute approximate surface area is 174 Å². The number of carbonyl (C=O) groups is 1. The van der Waals surface area contributed by atoms with Gasteiger partial charge in [-0.1, -0.05) is 5.16 Å². The van der Waals surface area contributed by atoms with Gasteiger partial charge in [0.1, 0.15) is 11.6 Å². The fraction of sp³-hybridized carbons (Fsp3) is 0.417. The molecule has 5 nitrogen and oxygen atoms in total. The Balaban J connectivity index is 1.22. The smallest absolute Gasteiger partial charge is 0.170 e. The number of hydrogen-bond acceptors (Lipinski definition) is 5. The second-order valence-corrected chi connectivity index (χ2v) is 8.50. The maximum Gasteiger partial charge on any atom is 0.170 e. The van der Waals surface area contributed by atoms with Crippen LogP contribution in [-0.2, 0) is 6.42 Å². The molecule has 2 aromatic carbocycles. The Bertz CT molecular complexity index is 1090. The van der Waals surface area contributed by atoms with Crippen LogP contribution in [0.15, 0.2) is 40.9 Å². The van der Waals surface area contributed by atoms with Crippen LogP contribution in [0.1, 0.15) is 46.8 Å². The molecule has 1 aromatic heterocycles. The van der Waals surface area contributed by atoms with Gasteiger partial charge in [-0.25, -0.2) is 4.39 Å². The minimum Gasteiger partial charge on any atom is -0.497 e. The first-order chi connectivity index (χ1) is 14.6. The Morgan fingerprint density at radius 1 is 1.17 bits per heavy atom. The van der Waals surface area contributed by atoms with Crippen molar-refractivity contribution >= 4 is 16.8 Å². The summed E-state index contributed by atoms with van der Waals surface area (Å²) in [5, 5.41) is 5.15. The number of hydrogen-bond donors (Lipinski definition) is 0. The summed E-state index contributed by atoms with van der Waals surface area (Å²) in [4.78, 5) is 15.0. The predicted octanol–water partition coefficient (Wildman–Crippen LogP) is 4.60. The summed E-state index contributed by atoms with van der Waals surface area (Å²) in [6.45, 7) is 2.87. The molecule has 156 valence electrons. The Hall–Kier alpha value is -2.73. The normalized spacial score (nSPS) is 20.5. The first kappa shape index (κ1) is 19.2. The Kier molecular flexibility index (Phi) is 5.03. The summed E-state index contributed by atoms with van der Waals surface area (Å²) in [6, 6.07) is 10.4. The van der Waals surface area contributed by atoms with Gasteiger partial charge in [-0.05, 0) is 74.2 Å². The molecule has 1 fully saturated rings. The summed E-state index contributed by atoms with van der Waals surface area (Å²) < 4.78 is 24.1. The van der Waals surface area contributed by atoms with Gasteiger partial charge in [-0.2, -0.15) is 0 Å². The van der Waals surface area contributed by atoms with Crippen molar-refractivity contribution < 1.29 is 18.4 Å². The molecule has 0 unspecified atom stereocenters. The zero-order valence-corrected chi connectivity index (χ0v) is 17.1. The molecule has 0 radical (unpaired) electrons. The maximum atomic E-state index is 13.4. The minimum atomic E-state index is -0.304. The minimum absolute atomic E-state index is 0.236. The number of ether oxygens (including phenoxy) is 1. The van der Waals surface area contributed by atoms with E-state index in [0.717, 1.165) is 66.9 Å². The highest BCUT2D eigenvalue weighted by Crippen LogP contribution is 2.34. The van der Waals surface area contributed by atoms with Gasteiger partial charge < -0.3 is 14.2 Å². The summed E-state index contributed by atoms with van der Waals surface area (Å²) in [5.74, 6) is 1.40. The number of nitrogens with zero attached hydrogens (tertiary/aromatic N) is 2. The van der Waals surface area contributed by atoms with Crippen molar-refractivity contribution in [1.82, 2.24) is 10.1 Å². The predicted molar refractivity (Wildman–Crippen MR) is 112 cm³/mol. The van der Waals surface area contributed by atoms with E-state index in [-0.39, 0.29) is 11.6 Å². The van der Waals surface area contributed by atoms with E-state index in [9.17, 15) is 9.18 Å². The lowest BCUT2D eigenvalue weighted by atomic mass is 9.82. The van der Waals surface area contributed by atoms with Crippen LogP contribution in [0.5, 0.6) is 5.75 Å².